The fraction of sp³-hybridized carbons (Fsp3) is 0.368. The molecule has 0 bridgehead atoms. The maximum atomic E-state index is 13.7. The predicted octanol–water partition coefficient (Wildman–Crippen LogP) is 4.94. The first-order valence-electron chi connectivity index (χ1n) is 8.24. The van der Waals surface area contributed by atoms with Gasteiger partial charge in [-0.2, -0.15) is 5.26 Å². The third kappa shape index (κ3) is 4.02. The van der Waals surface area contributed by atoms with Crippen LogP contribution >= 0.6 is 22.9 Å². The average molecular weight is 409 g/mol. The lowest BCUT2D eigenvalue weighted by Gasteiger charge is -2.48. The van der Waals surface area contributed by atoms with Gasteiger partial charge < -0.3 is 9.47 Å². The molecule has 1 aliphatic heterocycles. The van der Waals surface area contributed by atoms with E-state index in [0.717, 1.165) is 10.9 Å². The van der Waals surface area contributed by atoms with Crippen molar-refractivity contribution in [3.05, 3.63) is 50.9 Å². The van der Waals surface area contributed by atoms with Crippen molar-refractivity contribution in [2.75, 3.05) is 13.1 Å². The van der Waals surface area contributed by atoms with Crippen molar-refractivity contribution in [1.29, 1.82) is 5.26 Å². The SMILES string of the molecule is CC(C)(C)OC(=O)N1CC(Oc2cc(Cl)c(F)cc2C#N)(c2cccs2)C1. The Hall–Kier alpha value is -2.30. The van der Waals surface area contributed by atoms with Crippen molar-refractivity contribution in [3.8, 4) is 11.8 Å². The van der Waals surface area contributed by atoms with Crippen LogP contribution in [0.4, 0.5) is 9.18 Å². The first-order valence-corrected chi connectivity index (χ1v) is 9.49. The number of nitriles is 1. The van der Waals surface area contributed by atoms with E-state index in [4.69, 9.17) is 21.1 Å². The van der Waals surface area contributed by atoms with Gasteiger partial charge in [-0.15, -0.1) is 11.3 Å². The second kappa shape index (κ2) is 7.02. The van der Waals surface area contributed by atoms with Crippen LogP contribution in [0.1, 0.15) is 31.2 Å². The largest absolute Gasteiger partial charge is 0.477 e. The zero-order valence-corrected chi connectivity index (χ0v) is 16.7. The van der Waals surface area contributed by atoms with E-state index in [1.165, 1.54) is 22.3 Å². The normalized spacial score (nSPS) is 15.6. The van der Waals surface area contributed by atoms with Crippen LogP contribution in [0.5, 0.6) is 5.75 Å². The first kappa shape index (κ1) is 19.5. The van der Waals surface area contributed by atoms with Gasteiger partial charge in [0, 0.05) is 6.07 Å². The van der Waals surface area contributed by atoms with Gasteiger partial charge in [0.15, 0.2) is 5.60 Å². The summed E-state index contributed by atoms with van der Waals surface area (Å²) in [6.07, 6.45) is -0.434. The van der Waals surface area contributed by atoms with Crippen LogP contribution in [-0.2, 0) is 10.3 Å². The summed E-state index contributed by atoms with van der Waals surface area (Å²) >= 11 is 7.34. The number of amides is 1. The Kier molecular flexibility index (Phi) is 5.06. The van der Waals surface area contributed by atoms with Crippen molar-refractivity contribution in [1.82, 2.24) is 4.90 Å². The zero-order chi connectivity index (χ0) is 19.8. The second-order valence-corrected chi connectivity index (χ2v) is 8.64. The summed E-state index contributed by atoms with van der Waals surface area (Å²) in [5.74, 6) is -0.504. The molecule has 1 saturated heterocycles. The number of rotatable bonds is 3. The standard InChI is InChI=1S/C19H18ClFN2O3S/c1-18(2,3)26-17(24)23-10-19(11-23,16-5-4-6-27-16)25-15-8-13(20)14(21)7-12(15)9-22/h4-8H,10-11H2,1-3H3. The molecule has 1 aromatic heterocycles. The van der Waals surface area contributed by atoms with Gasteiger partial charge in [0.05, 0.1) is 28.6 Å². The van der Waals surface area contributed by atoms with Crippen LogP contribution in [0, 0.1) is 17.1 Å². The van der Waals surface area contributed by atoms with E-state index >= 15 is 0 Å². The van der Waals surface area contributed by atoms with Crippen molar-refractivity contribution >= 4 is 29.0 Å². The average Bonchev–Trinajstić information content (AvgIpc) is 3.06. The van der Waals surface area contributed by atoms with Crippen LogP contribution in [0.2, 0.25) is 5.02 Å². The molecule has 0 aliphatic carbocycles. The maximum Gasteiger partial charge on any atom is 0.410 e. The minimum Gasteiger partial charge on any atom is -0.477 e. The van der Waals surface area contributed by atoms with Gasteiger partial charge in [-0.1, -0.05) is 17.7 Å². The highest BCUT2D eigenvalue weighted by molar-refractivity contribution is 7.10. The molecule has 0 N–H and O–H groups in total. The Balaban J connectivity index is 1.87. The molecule has 1 fully saturated rings. The first-order chi connectivity index (χ1) is 12.6. The molecule has 3 rings (SSSR count). The molecule has 27 heavy (non-hydrogen) atoms. The number of carbonyl (C=O) groups is 1. The molecule has 5 nitrogen and oxygen atoms in total. The lowest BCUT2D eigenvalue weighted by Crippen LogP contribution is -2.64. The van der Waals surface area contributed by atoms with Crippen molar-refractivity contribution in [3.63, 3.8) is 0 Å². The number of thiophene rings is 1. The van der Waals surface area contributed by atoms with Gasteiger partial charge in [-0.3, -0.25) is 4.90 Å². The highest BCUT2D eigenvalue weighted by atomic mass is 35.5. The Morgan fingerprint density at radius 3 is 2.67 bits per heavy atom. The Morgan fingerprint density at radius 2 is 2.11 bits per heavy atom. The number of carbonyl (C=O) groups excluding carboxylic acids is 1. The van der Waals surface area contributed by atoms with E-state index < -0.39 is 23.1 Å². The van der Waals surface area contributed by atoms with E-state index in [9.17, 15) is 14.4 Å². The molecule has 2 aromatic rings. The number of benzene rings is 1. The van der Waals surface area contributed by atoms with E-state index in [-0.39, 0.29) is 29.4 Å². The second-order valence-electron chi connectivity index (χ2n) is 7.28. The van der Waals surface area contributed by atoms with Crippen LogP contribution in [-0.4, -0.2) is 29.7 Å². The van der Waals surface area contributed by atoms with Crippen molar-refractivity contribution < 1.29 is 18.7 Å². The Labute approximate surface area is 165 Å². The van der Waals surface area contributed by atoms with Crippen LogP contribution < -0.4 is 4.74 Å². The molecular weight excluding hydrogens is 391 g/mol. The van der Waals surface area contributed by atoms with Gasteiger partial charge in [0.1, 0.15) is 23.2 Å². The van der Waals surface area contributed by atoms with Crippen LogP contribution in [0.3, 0.4) is 0 Å². The molecule has 0 atom stereocenters. The predicted molar refractivity (Wildman–Crippen MR) is 101 cm³/mol. The van der Waals surface area contributed by atoms with E-state index in [1.54, 1.807) is 20.8 Å². The van der Waals surface area contributed by atoms with Crippen molar-refractivity contribution in [2.24, 2.45) is 0 Å². The number of ether oxygens (including phenoxy) is 2. The number of likely N-dealkylation sites (tertiary alicyclic amines) is 1. The topological polar surface area (TPSA) is 62.6 Å². The van der Waals surface area contributed by atoms with Crippen LogP contribution in [0.25, 0.3) is 0 Å². The number of hydrogen-bond donors (Lipinski definition) is 0. The van der Waals surface area contributed by atoms with Crippen LogP contribution in [0.15, 0.2) is 29.6 Å². The van der Waals surface area contributed by atoms with Crippen molar-refractivity contribution in [2.45, 2.75) is 32.0 Å². The van der Waals surface area contributed by atoms with E-state index in [2.05, 4.69) is 0 Å². The van der Waals surface area contributed by atoms with Gasteiger partial charge in [0.25, 0.3) is 0 Å². The fourth-order valence-corrected chi connectivity index (χ4v) is 3.75. The molecule has 2 heterocycles. The van der Waals surface area contributed by atoms with Gasteiger partial charge >= 0.3 is 6.09 Å². The summed E-state index contributed by atoms with van der Waals surface area (Å²) in [7, 11) is 0. The molecule has 1 aromatic carbocycles. The highest BCUT2D eigenvalue weighted by Crippen LogP contribution is 2.41. The zero-order valence-electron chi connectivity index (χ0n) is 15.1. The van der Waals surface area contributed by atoms with E-state index in [1.807, 2.05) is 23.6 Å². The molecule has 1 amide bonds. The Bertz CT molecular complexity index is 897. The van der Waals surface area contributed by atoms with Gasteiger partial charge in [-0.05, 0) is 38.3 Å². The van der Waals surface area contributed by atoms with Gasteiger partial charge in [-0.25, -0.2) is 9.18 Å². The minimum absolute atomic E-state index is 0.0450. The smallest absolute Gasteiger partial charge is 0.410 e. The molecular formula is C19H18ClFN2O3S. The molecule has 0 saturated carbocycles. The number of nitrogens with zero attached hydrogens (tertiary/aromatic N) is 2. The maximum absolute atomic E-state index is 13.7. The number of halogens is 2. The lowest BCUT2D eigenvalue weighted by atomic mass is 9.92. The highest BCUT2D eigenvalue weighted by Gasteiger charge is 2.51. The lowest BCUT2D eigenvalue weighted by molar-refractivity contribution is -0.0844. The minimum atomic E-state index is -0.835. The summed E-state index contributed by atoms with van der Waals surface area (Å²) in [5, 5.41) is 11.1. The molecule has 8 heteroatoms. The molecule has 0 radical (unpaired) electrons. The summed E-state index contributed by atoms with van der Waals surface area (Å²) in [4.78, 5) is 14.7. The molecule has 142 valence electrons. The summed E-state index contributed by atoms with van der Waals surface area (Å²) in [6, 6.07) is 8.03. The molecule has 0 spiro atoms. The monoisotopic (exact) mass is 408 g/mol. The van der Waals surface area contributed by atoms with E-state index in [0.29, 0.717) is 0 Å². The summed E-state index contributed by atoms with van der Waals surface area (Å²) in [6.45, 7) is 5.90. The third-order valence-electron chi connectivity index (χ3n) is 3.96. The fourth-order valence-electron chi connectivity index (χ4n) is 2.75. The molecule has 0 unspecified atom stereocenters. The molecule has 1 aliphatic rings. The number of hydrogen-bond acceptors (Lipinski definition) is 5. The Morgan fingerprint density at radius 1 is 1.41 bits per heavy atom. The quantitative estimate of drug-likeness (QED) is 0.721. The third-order valence-corrected chi connectivity index (χ3v) is 5.31. The summed E-state index contributed by atoms with van der Waals surface area (Å²) in [5.41, 5.74) is -1.39. The summed E-state index contributed by atoms with van der Waals surface area (Å²) < 4.78 is 25.2. The van der Waals surface area contributed by atoms with Gasteiger partial charge in [0.2, 0.25) is 0 Å².